The number of ether oxygens (including phenoxy) is 3. The number of carbonyl (C=O) groups is 2. The number of phenols is 1. The molecule has 1 aliphatic heterocycles. The minimum atomic E-state index is -1.08. The van der Waals surface area contributed by atoms with Crippen molar-refractivity contribution in [3.63, 3.8) is 0 Å². The predicted molar refractivity (Wildman–Crippen MR) is 160 cm³/mol. The van der Waals surface area contributed by atoms with E-state index < -0.39 is 17.7 Å². The van der Waals surface area contributed by atoms with Crippen LogP contribution in [0.4, 0.5) is 5.13 Å². The summed E-state index contributed by atoms with van der Waals surface area (Å²) >= 11 is 4.55. The van der Waals surface area contributed by atoms with Gasteiger partial charge in [0.2, 0.25) is 0 Å². The molecule has 0 aliphatic carbocycles. The summed E-state index contributed by atoms with van der Waals surface area (Å²) < 4.78 is 17.5. The van der Waals surface area contributed by atoms with Gasteiger partial charge >= 0.3 is 5.91 Å². The smallest absolute Gasteiger partial charge is 0.301 e. The van der Waals surface area contributed by atoms with Crippen LogP contribution >= 0.6 is 27.3 Å². The summed E-state index contributed by atoms with van der Waals surface area (Å²) in [7, 11) is 2.95. The number of phenolic OH excluding ortho intramolecular Hbond substituents is 1. The Hall–Kier alpha value is -4.09. The van der Waals surface area contributed by atoms with E-state index in [1.807, 2.05) is 0 Å². The second-order valence-electron chi connectivity index (χ2n) is 9.28. The summed E-state index contributed by atoms with van der Waals surface area (Å²) in [6.45, 7) is 2.57. The first-order chi connectivity index (χ1) is 19.8. The maximum Gasteiger partial charge on any atom is 0.301 e. The number of thiazole rings is 1. The highest BCUT2D eigenvalue weighted by Crippen LogP contribution is 2.47. The molecule has 11 heteroatoms. The van der Waals surface area contributed by atoms with Gasteiger partial charge in [-0.3, -0.25) is 14.5 Å². The van der Waals surface area contributed by atoms with Gasteiger partial charge in [-0.25, -0.2) is 4.98 Å². The van der Waals surface area contributed by atoms with E-state index in [9.17, 15) is 19.8 Å². The summed E-state index contributed by atoms with van der Waals surface area (Å²) in [6, 6.07) is 14.1. The molecular formula is C30H27BrN2O7S. The maximum atomic E-state index is 13.6. The third-order valence-electron chi connectivity index (χ3n) is 6.70. The Morgan fingerprint density at radius 1 is 1.07 bits per heavy atom. The van der Waals surface area contributed by atoms with Crippen molar-refractivity contribution in [3.05, 3.63) is 75.8 Å². The molecule has 0 spiro atoms. The highest BCUT2D eigenvalue weighted by atomic mass is 79.9. The number of methoxy groups -OCH3 is 2. The van der Waals surface area contributed by atoms with Crippen LogP contribution in [0.15, 0.2) is 64.6 Å². The van der Waals surface area contributed by atoms with Gasteiger partial charge < -0.3 is 24.4 Å². The van der Waals surface area contributed by atoms with Crippen molar-refractivity contribution in [2.45, 2.75) is 25.8 Å². The lowest BCUT2D eigenvalue weighted by atomic mass is 9.95. The van der Waals surface area contributed by atoms with Crippen molar-refractivity contribution in [1.82, 2.24) is 4.98 Å². The molecule has 3 aromatic carbocycles. The second-order valence-corrected chi connectivity index (χ2v) is 11.1. The SMILES string of the molecule is CCCCOc1cccc(C(O)=C2C(=O)C(=O)N(c3nc4ccc(OC)cc4s3)C2c2cc(Br)c(O)c(OC)c2)c1. The largest absolute Gasteiger partial charge is 0.507 e. The molecule has 41 heavy (non-hydrogen) atoms. The number of aromatic nitrogens is 1. The molecule has 1 atom stereocenters. The van der Waals surface area contributed by atoms with Gasteiger partial charge in [0.1, 0.15) is 17.3 Å². The van der Waals surface area contributed by atoms with E-state index in [0.29, 0.717) is 34.7 Å². The highest BCUT2D eigenvalue weighted by Gasteiger charge is 2.48. The summed E-state index contributed by atoms with van der Waals surface area (Å²) in [5.74, 6) is -0.937. The standard InChI is InChI=1S/C30H27BrN2O7S/c1-4-5-11-40-19-8-6-7-16(12-19)26(34)24-25(17-13-20(31)27(35)22(14-17)39-3)33(29(37)28(24)36)30-32-21-10-9-18(38-2)15-23(21)41-30/h6-10,12-15,25,34-35H,4-5,11H2,1-3H3. The zero-order valence-electron chi connectivity index (χ0n) is 22.5. The van der Waals surface area contributed by atoms with Crippen LogP contribution in [0.25, 0.3) is 16.0 Å². The van der Waals surface area contributed by atoms with Crippen molar-refractivity contribution in [1.29, 1.82) is 0 Å². The molecule has 1 aliphatic rings. The third-order valence-corrected chi connectivity index (χ3v) is 8.32. The molecule has 1 unspecified atom stereocenters. The van der Waals surface area contributed by atoms with Crippen LogP contribution in [0.5, 0.6) is 23.0 Å². The number of nitrogens with zero attached hydrogens (tertiary/aromatic N) is 2. The first kappa shape index (κ1) is 28.4. The first-order valence-corrected chi connectivity index (χ1v) is 14.4. The Balaban J connectivity index is 1.70. The molecular weight excluding hydrogens is 612 g/mol. The highest BCUT2D eigenvalue weighted by molar-refractivity contribution is 9.10. The molecule has 1 amide bonds. The number of aliphatic hydroxyl groups is 1. The predicted octanol–water partition coefficient (Wildman–Crippen LogP) is 6.59. The van der Waals surface area contributed by atoms with E-state index in [2.05, 4.69) is 27.8 Å². The van der Waals surface area contributed by atoms with Gasteiger partial charge in [-0.2, -0.15) is 0 Å². The topological polar surface area (TPSA) is 118 Å². The molecule has 0 saturated carbocycles. The van der Waals surface area contributed by atoms with E-state index >= 15 is 0 Å². The number of amides is 1. The monoisotopic (exact) mass is 638 g/mol. The average Bonchev–Trinajstić information content (AvgIpc) is 3.51. The molecule has 1 aromatic heterocycles. The fourth-order valence-electron chi connectivity index (χ4n) is 4.60. The van der Waals surface area contributed by atoms with Gasteiger partial charge in [0.05, 0.1) is 47.1 Å². The van der Waals surface area contributed by atoms with Crippen LogP contribution in [0.2, 0.25) is 0 Å². The number of rotatable bonds is 9. The lowest BCUT2D eigenvalue weighted by Crippen LogP contribution is -2.29. The number of carbonyl (C=O) groups excluding carboxylic acids is 2. The van der Waals surface area contributed by atoms with Crippen LogP contribution in [-0.2, 0) is 9.59 Å². The third kappa shape index (κ3) is 5.34. The van der Waals surface area contributed by atoms with E-state index in [1.165, 1.54) is 29.4 Å². The average molecular weight is 640 g/mol. The van der Waals surface area contributed by atoms with Crippen LogP contribution in [0.1, 0.15) is 36.9 Å². The molecule has 1 saturated heterocycles. The molecule has 212 valence electrons. The Morgan fingerprint density at radius 2 is 1.88 bits per heavy atom. The van der Waals surface area contributed by atoms with E-state index in [0.717, 1.165) is 17.5 Å². The van der Waals surface area contributed by atoms with Crippen LogP contribution < -0.4 is 19.1 Å². The second kappa shape index (κ2) is 11.8. The Kier molecular flexibility index (Phi) is 8.18. The zero-order chi connectivity index (χ0) is 29.3. The molecule has 5 rings (SSSR count). The van der Waals surface area contributed by atoms with E-state index in [4.69, 9.17) is 14.2 Å². The first-order valence-electron chi connectivity index (χ1n) is 12.8. The normalized spacial score (nSPS) is 16.4. The molecule has 4 aromatic rings. The lowest BCUT2D eigenvalue weighted by molar-refractivity contribution is -0.132. The van der Waals surface area contributed by atoms with Crippen molar-refractivity contribution in [2.75, 3.05) is 25.7 Å². The van der Waals surface area contributed by atoms with Crippen molar-refractivity contribution >= 4 is 60.1 Å². The Bertz CT molecular complexity index is 1680. The van der Waals surface area contributed by atoms with Crippen molar-refractivity contribution in [2.24, 2.45) is 0 Å². The summed E-state index contributed by atoms with van der Waals surface area (Å²) in [4.78, 5) is 33.2. The van der Waals surface area contributed by atoms with Gasteiger partial charge in [-0.15, -0.1) is 0 Å². The molecule has 2 heterocycles. The van der Waals surface area contributed by atoms with Gasteiger partial charge in [-0.1, -0.05) is 36.8 Å². The van der Waals surface area contributed by atoms with Gasteiger partial charge in [0, 0.05) is 5.56 Å². The fraction of sp³-hybridized carbons (Fsp3) is 0.233. The van der Waals surface area contributed by atoms with Crippen LogP contribution in [0.3, 0.4) is 0 Å². The summed E-state index contributed by atoms with van der Waals surface area (Å²) in [5.41, 5.74) is 1.23. The molecule has 0 bridgehead atoms. The zero-order valence-corrected chi connectivity index (χ0v) is 24.9. The number of aliphatic hydroxyl groups excluding tert-OH is 1. The number of aromatic hydroxyl groups is 1. The number of hydrogen-bond donors (Lipinski definition) is 2. The molecule has 0 radical (unpaired) electrons. The van der Waals surface area contributed by atoms with Gasteiger partial charge in [-0.05, 0) is 70.4 Å². The molecule has 9 nitrogen and oxygen atoms in total. The summed E-state index contributed by atoms with van der Waals surface area (Å²) in [6.07, 6.45) is 1.83. The molecule has 2 N–H and O–H groups in total. The number of unbranched alkanes of at least 4 members (excludes halogenated alkanes) is 1. The summed E-state index contributed by atoms with van der Waals surface area (Å²) in [5, 5.41) is 22.3. The number of benzene rings is 3. The lowest BCUT2D eigenvalue weighted by Gasteiger charge is -2.24. The van der Waals surface area contributed by atoms with Crippen LogP contribution in [0, 0.1) is 0 Å². The number of hydrogen-bond acceptors (Lipinski definition) is 9. The molecule has 1 fully saturated rings. The number of ketones is 1. The Labute approximate surface area is 248 Å². The maximum absolute atomic E-state index is 13.6. The Morgan fingerprint density at radius 3 is 2.61 bits per heavy atom. The minimum Gasteiger partial charge on any atom is -0.507 e. The number of halogens is 1. The number of fused-ring (bicyclic) bond motifs is 1. The quantitative estimate of drug-likeness (QED) is 0.0912. The minimum absolute atomic E-state index is 0.125. The van der Waals surface area contributed by atoms with Crippen molar-refractivity contribution in [3.8, 4) is 23.0 Å². The number of anilines is 1. The van der Waals surface area contributed by atoms with Gasteiger partial charge in [0.15, 0.2) is 16.6 Å². The van der Waals surface area contributed by atoms with E-state index in [-0.39, 0.29) is 32.4 Å². The van der Waals surface area contributed by atoms with Crippen LogP contribution in [-0.4, -0.2) is 47.7 Å². The van der Waals surface area contributed by atoms with Gasteiger partial charge in [0.25, 0.3) is 5.78 Å². The van der Waals surface area contributed by atoms with Crippen molar-refractivity contribution < 1.29 is 34.0 Å². The fourth-order valence-corrected chi connectivity index (χ4v) is 6.08. The number of Topliss-reactive ketones (excluding diaryl/α,β-unsaturated/α-hetero) is 1. The van der Waals surface area contributed by atoms with E-state index in [1.54, 1.807) is 55.6 Å².